The Bertz CT molecular complexity index is 1050. The highest BCUT2D eigenvalue weighted by Gasteiger charge is 2.53. The van der Waals surface area contributed by atoms with Crippen LogP contribution in [0.15, 0.2) is 53.5 Å². The number of fused-ring (bicyclic) bond motifs is 1. The fourth-order valence-corrected chi connectivity index (χ4v) is 5.38. The van der Waals surface area contributed by atoms with Crippen LogP contribution in [-0.2, 0) is 15.1 Å². The number of carbonyl (C=O) groups is 2. The molecule has 2 aliphatic rings. The van der Waals surface area contributed by atoms with Crippen LogP contribution < -0.4 is 5.32 Å². The lowest BCUT2D eigenvalue weighted by Gasteiger charge is -2.48. The monoisotopic (exact) mass is 446 g/mol. The largest absolute Gasteiger partial charge is 0.479 e. The van der Waals surface area contributed by atoms with Crippen LogP contribution in [-0.4, -0.2) is 40.1 Å². The van der Waals surface area contributed by atoms with E-state index >= 15 is 0 Å². The molecule has 162 valence electrons. The molecule has 2 N–H and O–H groups in total. The van der Waals surface area contributed by atoms with E-state index in [0.29, 0.717) is 5.56 Å². The number of nitrogens with zero attached hydrogens (tertiary/aromatic N) is 1. The molecule has 0 aliphatic carbocycles. The van der Waals surface area contributed by atoms with Gasteiger partial charge >= 0.3 is 5.97 Å². The molecule has 4 atom stereocenters. The molecule has 1 fully saturated rings. The van der Waals surface area contributed by atoms with Gasteiger partial charge < -0.3 is 15.2 Å². The molecule has 4 unspecified atom stereocenters. The van der Waals surface area contributed by atoms with Gasteiger partial charge in [0.2, 0.25) is 0 Å². The molecule has 0 spiro atoms. The summed E-state index contributed by atoms with van der Waals surface area (Å²) in [7, 11) is 0. The third-order valence-corrected chi connectivity index (χ3v) is 6.80. The highest BCUT2D eigenvalue weighted by Crippen LogP contribution is 2.50. The van der Waals surface area contributed by atoms with E-state index < -0.39 is 35.2 Å². The highest BCUT2D eigenvalue weighted by atomic mass is 32.2. The molecule has 31 heavy (non-hydrogen) atoms. The van der Waals surface area contributed by atoms with Gasteiger partial charge in [0.25, 0.3) is 5.91 Å². The minimum Gasteiger partial charge on any atom is -0.479 e. The van der Waals surface area contributed by atoms with Gasteiger partial charge in [-0.05, 0) is 24.6 Å². The number of halogens is 2. The molecule has 2 heterocycles. The fourth-order valence-electron chi connectivity index (χ4n) is 4.16. The lowest BCUT2D eigenvalue weighted by molar-refractivity contribution is -0.159. The van der Waals surface area contributed by atoms with Gasteiger partial charge in [-0.25, -0.2) is 18.6 Å². The smallest absolute Gasteiger partial charge is 0.332 e. The number of thioether (sulfide) groups is 1. The van der Waals surface area contributed by atoms with Gasteiger partial charge in [-0.1, -0.05) is 43.0 Å². The van der Waals surface area contributed by atoms with Crippen molar-refractivity contribution in [3.63, 3.8) is 0 Å². The van der Waals surface area contributed by atoms with Gasteiger partial charge in [-0.15, -0.1) is 0 Å². The first kappa shape index (κ1) is 21.5. The number of carboxylic acids is 1. The maximum Gasteiger partial charge on any atom is 0.332 e. The normalized spacial score (nSPS) is 27.7. The summed E-state index contributed by atoms with van der Waals surface area (Å²) >= 11 is 1.28. The SMILES string of the molecule is CC1SC(NC(=O)c2ccccc2)=NC2(c3ccc(F)cc3F)COC(C(=O)O)CC12. The number of carbonyl (C=O) groups excluding carboxylic acids is 1. The average molecular weight is 446 g/mol. The number of carboxylic acid groups (broad SMARTS) is 1. The second-order valence-electron chi connectivity index (χ2n) is 7.59. The fraction of sp³-hybridized carbons (Fsp3) is 0.318. The van der Waals surface area contributed by atoms with Crippen molar-refractivity contribution in [1.82, 2.24) is 5.32 Å². The molecule has 2 aromatic carbocycles. The molecule has 0 bridgehead atoms. The van der Waals surface area contributed by atoms with Crippen molar-refractivity contribution in [2.24, 2.45) is 10.9 Å². The number of amidine groups is 1. The van der Waals surface area contributed by atoms with Crippen LogP contribution in [0.4, 0.5) is 8.78 Å². The first-order valence-corrected chi connectivity index (χ1v) is 10.6. The summed E-state index contributed by atoms with van der Waals surface area (Å²) in [6, 6.07) is 11.8. The van der Waals surface area contributed by atoms with Crippen LogP contribution in [0.1, 0.15) is 29.3 Å². The van der Waals surface area contributed by atoms with Crippen LogP contribution in [0.2, 0.25) is 0 Å². The minimum atomic E-state index is -1.28. The number of hydrogen-bond donors (Lipinski definition) is 2. The van der Waals surface area contributed by atoms with Gasteiger partial charge in [-0.2, -0.15) is 0 Å². The van der Waals surface area contributed by atoms with E-state index in [9.17, 15) is 23.5 Å². The van der Waals surface area contributed by atoms with Crippen LogP contribution >= 0.6 is 11.8 Å². The summed E-state index contributed by atoms with van der Waals surface area (Å²) in [6.45, 7) is 1.67. The van der Waals surface area contributed by atoms with Gasteiger partial charge in [0.05, 0.1) is 6.61 Å². The van der Waals surface area contributed by atoms with E-state index in [4.69, 9.17) is 4.74 Å². The summed E-state index contributed by atoms with van der Waals surface area (Å²) in [6.07, 6.45) is -0.927. The molecular weight excluding hydrogens is 426 g/mol. The average Bonchev–Trinajstić information content (AvgIpc) is 2.73. The van der Waals surface area contributed by atoms with Crippen molar-refractivity contribution < 1.29 is 28.2 Å². The van der Waals surface area contributed by atoms with Crippen molar-refractivity contribution in [2.75, 3.05) is 6.61 Å². The van der Waals surface area contributed by atoms with Crippen LogP contribution in [0.25, 0.3) is 0 Å². The summed E-state index contributed by atoms with van der Waals surface area (Å²) in [5.41, 5.74) is -0.733. The molecule has 1 saturated heterocycles. The number of rotatable bonds is 3. The Morgan fingerprint density at radius 1 is 1.23 bits per heavy atom. The quantitative estimate of drug-likeness (QED) is 0.753. The Balaban J connectivity index is 1.76. The maximum atomic E-state index is 14.9. The third-order valence-electron chi connectivity index (χ3n) is 5.68. The molecule has 0 radical (unpaired) electrons. The number of hydrogen-bond acceptors (Lipinski definition) is 5. The molecular formula is C22H20F2N2O4S. The predicted octanol–water partition coefficient (Wildman–Crippen LogP) is 3.57. The Morgan fingerprint density at radius 3 is 2.65 bits per heavy atom. The lowest BCUT2D eigenvalue weighted by atomic mass is 9.72. The minimum absolute atomic E-state index is 0.112. The lowest BCUT2D eigenvalue weighted by Crippen LogP contribution is -2.55. The summed E-state index contributed by atoms with van der Waals surface area (Å²) < 4.78 is 34.0. The molecule has 1 amide bonds. The van der Waals surface area contributed by atoms with Crippen molar-refractivity contribution >= 4 is 28.8 Å². The predicted molar refractivity (Wildman–Crippen MR) is 112 cm³/mol. The molecule has 0 saturated carbocycles. The molecule has 0 aromatic heterocycles. The molecule has 4 rings (SSSR count). The second kappa shape index (κ2) is 8.39. The van der Waals surface area contributed by atoms with Gasteiger partial charge in [0, 0.05) is 28.4 Å². The van der Waals surface area contributed by atoms with Crippen molar-refractivity contribution in [1.29, 1.82) is 0 Å². The van der Waals surface area contributed by atoms with E-state index in [-0.39, 0.29) is 34.9 Å². The van der Waals surface area contributed by atoms with E-state index in [1.807, 2.05) is 6.92 Å². The molecule has 2 aromatic rings. The van der Waals surface area contributed by atoms with E-state index in [1.54, 1.807) is 30.3 Å². The van der Waals surface area contributed by atoms with Crippen molar-refractivity contribution in [2.45, 2.75) is 30.2 Å². The zero-order valence-electron chi connectivity index (χ0n) is 16.5. The molecule has 6 nitrogen and oxygen atoms in total. The Labute approximate surface area is 181 Å². The third kappa shape index (κ3) is 4.07. The number of nitrogens with one attached hydrogen (secondary N) is 1. The van der Waals surface area contributed by atoms with E-state index in [0.717, 1.165) is 12.1 Å². The Hall–Kier alpha value is -2.78. The first-order valence-electron chi connectivity index (χ1n) is 9.73. The van der Waals surface area contributed by atoms with E-state index in [1.165, 1.54) is 17.8 Å². The summed E-state index contributed by atoms with van der Waals surface area (Å²) in [5, 5.41) is 12.2. The van der Waals surface area contributed by atoms with E-state index in [2.05, 4.69) is 10.3 Å². The number of aliphatic imine (C=N–C) groups is 1. The standard InChI is InChI=1S/C22H20F2N2O4S/c1-12-16-10-18(20(28)29)30-11-22(16,15-8-7-14(23)9-17(15)24)26-21(31-12)25-19(27)13-5-3-2-4-6-13/h2-9,12,16,18H,10-11H2,1H3,(H,28,29)(H,25,26,27). The van der Waals surface area contributed by atoms with Crippen molar-refractivity contribution in [3.05, 3.63) is 71.3 Å². The molecule has 2 aliphatic heterocycles. The highest BCUT2D eigenvalue weighted by molar-refractivity contribution is 8.14. The summed E-state index contributed by atoms with van der Waals surface area (Å²) in [5.74, 6) is -3.39. The van der Waals surface area contributed by atoms with Crippen molar-refractivity contribution in [3.8, 4) is 0 Å². The van der Waals surface area contributed by atoms with Gasteiger partial charge in [-0.3, -0.25) is 4.79 Å². The zero-order chi connectivity index (χ0) is 22.2. The number of benzene rings is 2. The van der Waals surface area contributed by atoms with Crippen LogP contribution in [0.3, 0.4) is 0 Å². The van der Waals surface area contributed by atoms with Gasteiger partial charge in [0.1, 0.15) is 17.2 Å². The number of aliphatic carboxylic acids is 1. The Morgan fingerprint density at radius 2 is 1.97 bits per heavy atom. The summed E-state index contributed by atoms with van der Waals surface area (Å²) in [4.78, 5) is 28.8. The maximum absolute atomic E-state index is 14.9. The van der Waals surface area contributed by atoms with Gasteiger partial charge in [0.15, 0.2) is 11.3 Å². The Kier molecular flexibility index (Phi) is 5.81. The topological polar surface area (TPSA) is 88.0 Å². The molecule has 9 heteroatoms. The van der Waals surface area contributed by atoms with Crippen LogP contribution in [0.5, 0.6) is 0 Å². The second-order valence-corrected chi connectivity index (χ2v) is 8.95. The number of ether oxygens (including phenoxy) is 1. The van der Waals surface area contributed by atoms with Crippen LogP contribution in [0, 0.1) is 17.6 Å². The zero-order valence-corrected chi connectivity index (χ0v) is 17.4. The first-order chi connectivity index (χ1) is 14.8. The number of amides is 1.